The van der Waals surface area contributed by atoms with Gasteiger partial charge in [0.25, 0.3) is 0 Å². The van der Waals surface area contributed by atoms with Gasteiger partial charge in [0.15, 0.2) is 0 Å². The van der Waals surface area contributed by atoms with Crippen molar-refractivity contribution in [2.75, 3.05) is 35.4 Å². The van der Waals surface area contributed by atoms with Gasteiger partial charge in [-0.2, -0.15) is 11.8 Å². The van der Waals surface area contributed by atoms with Crippen molar-refractivity contribution < 1.29 is 19.1 Å². The van der Waals surface area contributed by atoms with E-state index in [0.29, 0.717) is 17.1 Å². The molecule has 0 atom stereocenters. The predicted molar refractivity (Wildman–Crippen MR) is 81.4 cm³/mol. The Balaban J connectivity index is 1.93. The molecule has 0 fully saturated rings. The Hall–Kier alpha value is -2.02. The van der Waals surface area contributed by atoms with Crippen molar-refractivity contribution in [2.24, 2.45) is 0 Å². The molecule has 0 spiro atoms. The van der Waals surface area contributed by atoms with Crippen LogP contribution in [0.25, 0.3) is 0 Å². The molecule has 1 heterocycles. The number of carbonyl (C=O) groups excluding carboxylic acids is 3. The average molecular weight is 308 g/mol. The fourth-order valence-corrected chi connectivity index (χ4v) is 2.74. The van der Waals surface area contributed by atoms with E-state index in [9.17, 15) is 14.4 Å². The minimum Gasteiger partial charge on any atom is -0.469 e. The Morgan fingerprint density at radius 3 is 2.90 bits per heavy atom. The number of carbonyl (C=O) groups is 3. The van der Waals surface area contributed by atoms with E-state index >= 15 is 0 Å². The van der Waals surface area contributed by atoms with E-state index in [4.69, 9.17) is 0 Å². The molecule has 7 heteroatoms. The second-order valence-electron chi connectivity index (χ2n) is 4.42. The number of rotatable bonds is 5. The third-order valence-electron chi connectivity index (χ3n) is 2.98. The van der Waals surface area contributed by atoms with Gasteiger partial charge in [0, 0.05) is 5.75 Å². The first-order valence-corrected chi connectivity index (χ1v) is 7.61. The number of nitrogens with zero attached hydrogens (tertiary/aromatic N) is 1. The molecule has 0 saturated carbocycles. The molecule has 6 nitrogen and oxygen atoms in total. The van der Waals surface area contributed by atoms with Crippen LogP contribution in [-0.2, 0) is 19.1 Å². The van der Waals surface area contributed by atoms with Crippen molar-refractivity contribution in [2.45, 2.75) is 6.42 Å². The Morgan fingerprint density at radius 2 is 2.14 bits per heavy atom. The van der Waals surface area contributed by atoms with Crippen LogP contribution in [0.15, 0.2) is 24.3 Å². The third-order valence-corrected chi connectivity index (χ3v) is 3.92. The van der Waals surface area contributed by atoms with E-state index in [1.165, 1.54) is 23.8 Å². The predicted octanol–water partition coefficient (Wildman–Crippen LogP) is 1.27. The van der Waals surface area contributed by atoms with Crippen molar-refractivity contribution in [3.8, 4) is 0 Å². The molecule has 1 aromatic carbocycles. The zero-order chi connectivity index (χ0) is 15.2. The van der Waals surface area contributed by atoms with Crippen molar-refractivity contribution in [3.05, 3.63) is 24.3 Å². The van der Waals surface area contributed by atoms with E-state index < -0.39 is 0 Å². The summed E-state index contributed by atoms with van der Waals surface area (Å²) in [7, 11) is 1.33. The molecule has 1 N–H and O–H groups in total. The summed E-state index contributed by atoms with van der Waals surface area (Å²) >= 11 is 1.35. The summed E-state index contributed by atoms with van der Waals surface area (Å²) in [4.78, 5) is 36.3. The number of ether oxygens (including phenoxy) is 1. The second kappa shape index (κ2) is 7.12. The van der Waals surface area contributed by atoms with Crippen molar-refractivity contribution >= 4 is 40.9 Å². The normalized spacial score (nSPS) is 13.4. The maximum atomic E-state index is 12.2. The van der Waals surface area contributed by atoms with Crippen molar-refractivity contribution in [1.82, 2.24) is 0 Å². The van der Waals surface area contributed by atoms with Crippen LogP contribution >= 0.6 is 11.8 Å². The number of hydrogen-bond acceptors (Lipinski definition) is 5. The van der Waals surface area contributed by atoms with Gasteiger partial charge in [0.2, 0.25) is 11.8 Å². The lowest BCUT2D eigenvalue weighted by Gasteiger charge is -2.29. The molecule has 1 aliphatic rings. The molecule has 0 radical (unpaired) electrons. The number of benzene rings is 1. The van der Waals surface area contributed by atoms with Gasteiger partial charge >= 0.3 is 5.97 Å². The number of methoxy groups -OCH3 is 1. The summed E-state index contributed by atoms with van der Waals surface area (Å²) in [5.41, 5.74) is 1.34. The molecule has 2 amide bonds. The SMILES string of the molecule is COC(=O)CCSCC(=O)N1CC(=O)Nc2ccccc21. The van der Waals surface area contributed by atoms with Gasteiger partial charge in [-0.15, -0.1) is 0 Å². The lowest BCUT2D eigenvalue weighted by Crippen LogP contribution is -2.43. The highest BCUT2D eigenvalue weighted by Gasteiger charge is 2.26. The number of thioether (sulfide) groups is 1. The molecule has 112 valence electrons. The first-order chi connectivity index (χ1) is 10.1. The van der Waals surface area contributed by atoms with Gasteiger partial charge < -0.3 is 15.0 Å². The summed E-state index contributed by atoms with van der Waals surface area (Å²) < 4.78 is 4.53. The molecule has 1 aliphatic heterocycles. The maximum absolute atomic E-state index is 12.2. The highest BCUT2D eigenvalue weighted by molar-refractivity contribution is 7.99. The lowest BCUT2D eigenvalue weighted by molar-refractivity contribution is -0.140. The number of fused-ring (bicyclic) bond motifs is 1. The topological polar surface area (TPSA) is 75.7 Å². The molecular weight excluding hydrogens is 292 g/mol. The van der Waals surface area contributed by atoms with Gasteiger partial charge in [0.05, 0.1) is 30.7 Å². The molecular formula is C14H16N2O4S. The zero-order valence-electron chi connectivity index (χ0n) is 11.6. The number of anilines is 2. The van der Waals surface area contributed by atoms with Crippen LogP contribution in [0.4, 0.5) is 11.4 Å². The van der Waals surface area contributed by atoms with Crippen LogP contribution in [0.3, 0.4) is 0 Å². The Labute approximate surface area is 126 Å². The van der Waals surface area contributed by atoms with Crippen LogP contribution < -0.4 is 10.2 Å². The van der Waals surface area contributed by atoms with Gasteiger partial charge in [-0.3, -0.25) is 14.4 Å². The first-order valence-electron chi connectivity index (χ1n) is 6.45. The molecule has 0 aliphatic carbocycles. The van der Waals surface area contributed by atoms with Gasteiger partial charge in [0.1, 0.15) is 6.54 Å². The Bertz CT molecular complexity index is 562. The monoisotopic (exact) mass is 308 g/mol. The minimum atomic E-state index is -0.294. The molecule has 2 rings (SSSR count). The smallest absolute Gasteiger partial charge is 0.306 e. The maximum Gasteiger partial charge on any atom is 0.306 e. The Morgan fingerprint density at radius 1 is 1.38 bits per heavy atom. The standard InChI is InChI=1S/C14H16N2O4S/c1-20-14(19)6-7-21-9-13(18)16-8-12(17)15-10-4-2-3-5-11(10)16/h2-5H,6-9H2,1H3,(H,15,17). The van der Waals surface area contributed by atoms with E-state index in [0.717, 1.165) is 0 Å². The van der Waals surface area contributed by atoms with Crippen LogP contribution in [-0.4, -0.2) is 42.9 Å². The van der Waals surface area contributed by atoms with E-state index in [1.54, 1.807) is 18.2 Å². The summed E-state index contributed by atoms with van der Waals surface area (Å²) in [6.45, 7) is 0.0212. The third kappa shape index (κ3) is 3.98. The molecule has 0 unspecified atom stereocenters. The summed E-state index contributed by atoms with van der Waals surface area (Å²) in [5, 5.41) is 2.73. The summed E-state index contributed by atoms with van der Waals surface area (Å²) in [6.07, 6.45) is 0.269. The molecule has 0 saturated heterocycles. The zero-order valence-corrected chi connectivity index (χ0v) is 12.4. The minimum absolute atomic E-state index is 0.0212. The summed E-state index contributed by atoms with van der Waals surface area (Å²) in [6, 6.07) is 7.18. The summed E-state index contributed by atoms with van der Waals surface area (Å²) in [5.74, 6) is 0.0880. The van der Waals surface area contributed by atoms with Crippen LogP contribution in [0.1, 0.15) is 6.42 Å². The Kier molecular flexibility index (Phi) is 5.21. The van der Waals surface area contributed by atoms with E-state index in [-0.39, 0.29) is 36.5 Å². The highest BCUT2D eigenvalue weighted by Crippen LogP contribution is 2.29. The average Bonchev–Trinajstić information content (AvgIpc) is 2.50. The first kappa shape index (κ1) is 15.4. The van der Waals surface area contributed by atoms with Gasteiger partial charge in [-0.1, -0.05) is 12.1 Å². The van der Waals surface area contributed by atoms with Gasteiger partial charge in [-0.05, 0) is 12.1 Å². The molecule has 1 aromatic rings. The number of amides is 2. The lowest BCUT2D eigenvalue weighted by atomic mass is 10.2. The number of esters is 1. The number of hydrogen-bond donors (Lipinski definition) is 1. The molecule has 0 bridgehead atoms. The fraction of sp³-hybridized carbons (Fsp3) is 0.357. The van der Waals surface area contributed by atoms with Crippen LogP contribution in [0.5, 0.6) is 0 Å². The van der Waals surface area contributed by atoms with Crippen LogP contribution in [0, 0.1) is 0 Å². The molecule has 21 heavy (non-hydrogen) atoms. The van der Waals surface area contributed by atoms with Crippen LogP contribution in [0.2, 0.25) is 0 Å². The largest absolute Gasteiger partial charge is 0.469 e. The number of para-hydroxylation sites is 2. The van der Waals surface area contributed by atoms with E-state index in [2.05, 4.69) is 10.1 Å². The van der Waals surface area contributed by atoms with Gasteiger partial charge in [-0.25, -0.2) is 0 Å². The second-order valence-corrected chi connectivity index (χ2v) is 5.53. The highest BCUT2D eigenvalue weighted by atomic mass is 32.2. The fourth-order valence-electron chi connectivity index (χ4n) is 1.95. The van der Waals surface area contributed by atoms with Crippen molar-refractivity contribution in [3.63, 3.8) is 0 Å². The quantitative estimate of drug-likeness (QED) is 0.655. The number of nitrogens with one attached hydrogen (secondary N) is 1. The van der Waals surface area contributed by atoms with E-state index in [1.807, 2.05) is 6.07 Å². The molecule has 0 aromatic heterocycles. The van der Waals surface area contributed by atoms with Crippen molar-refractivity contribution in [1.29, 1.82) is 0 Å².